The van der Waals surface area contributed by atoms with Crippen LogP contribution in [-0.2, 0) is 12.8 Å². The number of aromatic nitrogens is 1. The van der Waals surface area contributed by atoms with Gasteiger partial charge in [-0.15, -0.1) is 0 Å². The van der Waals surface area contributed by atoms with Crippen LogP contribution in [0.4, 0.5) is 0 Å². The van der Waals surface area contributed by atoms with E-state index >= 15 is 0 Å². The van der Waals surface area contributed by atoms with Crippen molar-refractivity contribution >= 4 is 5.71 Å². The second-order valence-electron chi connectivity index (χ2n) is 6.87. The Morgan fingerprint density at radius 1 is 1.17 bits per heavy atom. The molecule has 24 heavy (non-hydrogen) atoms. The maximum absolute atomic E-state index is 5.43. The molecule has 1 aliphatic heterocycles. The van der Waals surface area contributed by atoms with Crippen LogP contribution in [-0.4, -0.2) is 35.5 Å². The lowest BCUT2D eigenvalue weighted by atomic mass is 9.78. The van der Waals surface area contributed by atoms with E-state index in [1.807, 2.05) is 18.5 Å². The Morgan fingerprint density at radius 2 is 2.04 bits per heavy atom. The predicted octanol–water partition coefficient (Wildman–Crippen LogP) is 3.61. The second kappa shape index (κ2) is 6.76. The number of benzene rings is 1. The number of nitrogens with zero attached hydrogens (tertiary/aromatic N) is 2. The molecule has 1 aromatic heterocycles. The van der Waals surface area contributed by atoms with Gasteiger partial charge in [0.05, 0.1) is 13.0 Å². The van der Waals surface area contributed by atoms with Crippen LogP contribution in [0.2, 0.25) is 0 Å². The third-order valence-corrected chi connectivity index (χ3v) is 5.45. The molecule has 4 rings (SSSR count). The molecule has 1 saturated heterocycles. The van der Waals surface area contributed by atoms with Crippen molar-refractivity contribution in [3.05, 3.63) is 59.4 Å². The van der Waals surface area contributed by atoms with Crippen molar-refractivity contribution in [3.8, 4) is 5.75 Å². The van der Waals surface area contributed by atoms with Crippen molar-refractivity contribution in [3.63, 3.8) is 0 Å². The Labute approximate surface area is 144 Å². The summed E-state index contributed by atoms with van der Waals surface area (Å²) >= 11 is 0. The van der Waals surface area contributed by atoms with Gasteiger partial charge in [-0.1, -0.05) is 12.1 Å². The summed E-state index contributed by atoms with van der Waals surface area (Å²) < 4.78 is 8.08. The fraction of sp³-hybridized carbons (Fsp3) is 0.429. The van der Waals surface area contributed by atoms with Crippen molar-refractivity contribution in [2.24, 2.45) is 0 Å². The lowest BCUT2D eigenvalue weighted by molar-refractivity contribution is -0.509. The van der Waals surface area contributed by atoms with Crippen LogP contribution < -0.4 is 4.74 Å². The molecule has 124 valence electrons. The van der Waals surface area contributed by atoms with Crippen LogP contribution in [0.15, 0.2) is 42.7 Å². The van der Waals surface area contributed by atoms with Crippen molar-refractivity contribution < 1.29 is 9.31 Å². The van der Waals surface area contributed by atoms with E-state index < -0.39 is 0 Å². The Morgan fingerprint density at radius 3 is 2.79 bits per heavy atom. The number of aryl methyl sites for hydroxylation is 1. The summed E-state index contributed by atoms with van der Waals surface area (Å²) in [5.41, 5.74) is 5.89. The number of ether oxygens (including phenoxy) is 1. The predicted molar refractivity (Wildman–Crippen MR) is 96.2 cm³/mol. The lowest BCUT2D eigenvalue weighted by Crippen LogP contribution is -2.31. The fourth-order valence-electron chi connectivity index (χ4n) is 4.25. The number of hydrogen-bond acceptors (Lipinski definition) is 2. The van der Waals surface area contributed by atoms with Gasteiger partial charge in [-0.3, -0.25) is 4.98 Å². The Bertz CT molecular complexity index is 744. The molecule has 0 N–H and O–H groups in total. The maximum atomic E-state index is 5.43. The van der Waals surface area contributed by atoms with Gasteiger partial charge in [0.1, 0.15) is 18.8 Å². The van der Waals surface area contributed by atoms with Crippen LogP contribution >= 0.6 is 0 Å². The molecule has 1 fully saturated rings. The minimum absolute atomic E-state index is 0.474. The monoisotopic (exact) mass is 321 g/mol. The van der Waals surface area contributed by atoms with E-state index in [-0.39, 0.29) is 0 Å². The molecule has 2 aliphatic rings. The van der Waals surface area contributed by atoms with Crippen LogP contribution in [0.25, 0.3) is 0 Å². The normalized spacial score (nSPS) is 20.1. The number of hydrogen-bond donors (Lipinski definition) is 0. The third kappa shape index (κ3) is 2.95. The molecule has 1 aromatic carbocycles. The molecule has 2 heterocycles. The summed E-state index contributed by atoms with van der Waals surface area (Å²) in [7, 11) is 1.75. The SMILES string of the molecule is COc1ccc2c(c1)CCC(=[N+]1CCCC1)C2Cc1cccnc1. The topological polar surface area (TPSA) is 25.1 Å². The first-order chi connectivity index (χ1) is 11.8. The minimum Gasteiger partial charge on any atom is -0.497 e. The fourth-order valence-corrected chi connectivity index (χ4v) is 4.25. The highest BCUT2D eigenvalue weighted by Gasteiger charge is 2.33. The first-order valence-corrected chi connectivity index (χ1v) is 9.01. The average molecular weight is 321 g/mol. The van der Waals surface area contributed by atoms with Crippen LogP contribution in [0.3, 0.4) is 0 Å². The molecule has 0 amide bonds. The van der Waals surface area contributed by atoms with Gasteiger partial charge >= 0.3 is 0 Å². The van der Waals surface area contributed by atoms with Crippen molar-refractivity contribution in [2.45, 2.75) is 38.0 Å². The standard InChI is InChI=1S/C21H25N2O/c1-24-18-7-8-19-17(14-18)6-9-21(23-11-2-3-12-23)20(19)13-16-5-4-10-22-15-16/h4-5,7-8,10,14-15,20H,2-3,6,9,11-13H2,1H3/q+1. The smallest absolute Gasteiger partial charge is 0.160 e. The summed E-state index contributed by atoms with van der Waals surface area (Å²) in [5, 5.41) is 0. The maximum Gasteiger partial charge on any atom is 0.160 e. The number of rotatable bonds is 3. The molecule has 1 atom stereocenters. The van der Waals surface area contributed by atoms with Gasteiger partial charge in [0.25, 0.3) is 0 Å². The minimum atomic E-state index is 0.474. The Kier molecular flexibility index (Phi) is 4.33. The molecule has 0 saturated carbocycles. The van der Waals surface area contributed by atoms with Gasteiger partial charge in [0.15, 0.2) is 5.71 Å². The number of fused-ring (bicyclic) bond motifs is 1. The third-order valence-electron chi connectivity index (χ3n) is 5.45. The van der Waals surface area contributed by atoms with E-state index in [1.54, 1.807) is 12.8 Å². The quantitative estimate of drug-likeness (QED) is 0.807. The highest BCUT2D eigenvalue weighted by atomic mass is 16.5. The zero-order valence-corrected chi connectivity index (χ0v) is 14.4. The zero-order valence-electron chi connectivity index (χ0n) is 14.4. The number of methoxy groups -OCH3 is 1. The molecule has 0 bridgehead atoms. The summed E-state index contributed by atoms with van der Waals surface area (Å²) in [5.74, 6) is 1.44. The molecule has 3 nitrogen and oxygen atoms in total. The van der Waals surface area contributed by atoms with Crippen molar-refractivity contribution in [1.82, 2.24) is 4.98 Å². The summed E-state index contributed by atoms with van der Waals surface area (Å²) in [6, 6.07) is 10.9. The number of pyridine rings is 1. The Balaban J connectivity index is 1.75. The van der Waals surface area contributed by atoms with Gasteiger partial charge < -0.3 is 4.74 Å². The highest BCUT2D eigenvalue weighted by molar-refractivity contribution is 5.89. The van der Waals surface area contributed by atoms with E-state index in [0.717, 1.165) is 18.6 Å². The van der Waals surface area contributed by atoms with Crippen molar-refractivity contribution in [2.75, 3.05) is 20.2 Å². The van der Waals surface area contributed by atoms with Gasteiger partial charge in [-0.05, 0) is 47.7 Å². The summed E-state index contributed by atoms with van der Waals surface area (Å²) in [6.45, 7) is 2.45. The van der Waals surface area contributed by atoms with Crippen LogP contribution in [0.1, 0.15) is 41.9 Å². The molecule has 2 aromatic rings. The van der Waals surface area contributed by atoms with Gasteiger partial charge in [-0.2, -0.15) is 0 Å². The van der Waals surface area contributed by atoms with E-state index in [1.165, 1.54) is 49.0 Å². The highest BCUT2D eigenvalue weighted by Crippen LogP contribution is 2.35. The van der Waals surface area contributed by atoms with E-state index in [4.69, 9.17) is 4.74 Å². The molecular formula is C21H25N2O+. The van der Waals surface area contributed by atoms with E-state index in [0.29, 0.717) is 5.92 Å². The second-order valence-corrected chi connectivity index (χ2v) is 6.87. The largest absolute Gasteiger partial charge is 0.497 e. The van der Waals surface area contributed by atoms with E-state index in [2.05, 4.69) is 33.8 Å². The molecule has 0 radical (unpaired) electrons. The summed E-state index contributed by atoms with van der Waals surface area (Å²) in [4.78, 5) is 4.31. The zero-order chi connectivity index (χ0) is 16.4. The molecular weight excluding hydrogens is 296 g/mol. The Hall–Kier alpha value is -2.16. The van der Waals surface area contributed by atoms with Crippen molar-refractivity contribution in [1.29, 1.82) is 0 Å². The average Bonchev–Trinajstić information content (AvgIpc) is 3.17. The van der Waals surface area contributed by atoms with Crippen LogP contribution in [0, 0.1) is 0 Å². The summed E-state index contributed by atoms with van der Waals surface area (Å²) in [6.07, 6.45) is 9.87. The first kappa shape index (κ1) is 15.4. The molecule has 3 heteroatoms. The van der Waals surface area contributed by atoms with Gasteiger partial charge in [0, 0.05) is 31.7 Å². The molecule has 1 unspecified atom stereocenters. The molecule has 1 aliphatic carbocycles. The lowest BCUT2D eigenvalue weighted by Gasteiger charge is -2.26. The van der Waals surface area contributed by atoms with Crippen LogP contribution in [0.5, 0.6) is 5.75 Å². The first-order valence-electron chi connectivity index (χ1n) is 9.01. The van der Waals surface area contributed by atoms with Gasteiger partial charge in [0.2, 0.25) is 0 Å². The van der Waals surface area contributed by atoms with E-state index in [9.17, 15) is 0 Å². The molecule has 0 spiro atoms. The van der Waals surface area contributed by atoms with Gasteiger partial charge in [-0.25, -0.2) is 4.58 Å².